The summed E-state index contributed by atoms with van der Waals surface area (Å²) in [6.45, 7) is 4.43. The number of cyclic esters (lactones) is 1. The third-order valence-corrected chi connectivity index (χ3v) is 5.59. The third kappa shape index (κ3) is 3.08. The Morgan fingerprint density at radius 3 is 2.71 bits per heavy atom. The highest BCUT2D eigenvalue weighted by Crippen LogP contribution is 2.38. The number of nitrogen functional groups attached to an aromatic ring is 1. The van der Waals surface area contributed by atoms with E-state index in [0.717, 1.165) is 11.1 Å². The van der Waals surface area contributed by atoms with Gasteiger partial charge in [0.25, 0.3) is 5.56 Å². The van der Waals surface area contributed by atoms with Gasteiger partial charge < -0.3 is 25.9 Å². The van der Waals surface area contributed by atoms with Gasteiger partial charge in [0.05, 0.1) is 34.7 Å². The number of carbonyl (C=O) groups excluding carboxylic acids is 1. The number of aliphatic hydroxyl groups excluding tert-OH is 1. The van der Waals surface area contributed by atoms with Crippen LogP contribution >= 0.6 is 0 Å². The maximum Gasteiger partial charge on any atom is 0.340 e. The van der Waals surface area contributed by atoms with Crippen LogP contribution in [0.15, 0.2) is 23.0 Å². The summed E-state index contributed by atoms with van der Waals surface area (Å²) in [5.74, 6) is -1.38. The van der Waals surface area contributed by atoms with Gasteiger partial charge in [0, 0.05) is 22.6 Å². The first-order chi connectivity index (χ1) is 14.9. The van der Waals surface area contributed by atoms with Gasteiger partial charge in [0.15, 0.2) is 6.10 Å². The molecule has 3 aromatic rings. The molecule has 8 nitrogen and oxygen atoms in total. The van der Waals surface area contributed by atoms with Crippen LogP contribution in [0.3, 0.4) is 0 Å². The Labute approximate surface area is 177 Å². The van der Waals surface area contributed by atoms with Crippen molar-refractivity contribution in [1.29, 1.82) is 0 Å². The van der Waals surface area contributed by atoms with Gasteiger partial charge in [-0.1, -0.05) is 13.8 Å². The highest BCUT2D eigenvalue weighted by molar-refractivity contribution is 5.90. The smallest absolute Gasteiger partial charge is 0.340 e. The lowest BCUT2D eigenvalue weighted by atomic mass is 9.96. The number of hydrogen-bond donors (Lipinski definition) is 3. The van der Waals surface area contributed by atoms with Crippen LogP contribution in [0.5, 0.6) is 0 Å². The van der Waals surface area contributed by atoms with Gasteiger partial charge in [0.2, 0.25) is 0 Å². The van der Waals surface area contributed by atoms with Crippen LogP contribution < -0.4 is 17.0 Å². The number of aliphatic hydroxyl groups is 1. The number of fused-ring (bicyclic) bond motifs is 5. The van der Waals surface area contributed by atoms with Crippen molar-refractivity contribution in [3.05, 3.63) is 56.6 Å². The predicted molar refractivity (Wildman–Crippen MR) is 114 cm³/mol. The van der Waals surface area contributed by atoms with Gasteiger partial charge in [0.1, 0.15) is 12.4 Å². The topological polar surface area (TPSA) is 133 Å². The van der Waals surface area contributed by atoms with Crippen molar-refractivity contribution >= 4 is 22.6 Å². The summed E-state index contributed by atoms with van der Waals surface area (Å²) in [4.78, 5) is 29.3. The summed E-state index contributed by atoms with van der Waals surface area (Å²) in [7, 11) is 0. The Bertz CT molecular complexity index is 1290. The summed E-state index contributed by atoms with van der Waals surface area (Å²) in [5, 5.41) is 10.9. The van der Waals surface area contributed by atoms with E-state index in [1.54, 1.807) is 6.07 Å². The zero-order valence-electron chi connectivity index (χ0n) is 17.2. The molecule has 4 heterocycles. The van der Waals surface area contributed by atoms with E-state index in [2.05, 4.69) is 4.98 Å². The molecule has 31 heavy (non-hydrogen) atoms. The molecule has 0 radical (unpaired) electrons. The Balaban J connectivity index is 0.00000112. The fourth-order valence-corrected chi connectivity index (χ4v) is 4.18. The summed E-state index contributed by atoms with van der Waals surface area (Å²) in [6, 6.07) is 4.39. The molecule has 162 valence electrons. The monoisotopic (exact) mass is 426 g/mol. The molecule has 0 aliphatic carbocycles. The first-order valence-corrected chi connectivity index (χ1v) is 10.1. The molecular weight excluding hydrogens is 403 g/mol. The highest BCUT2D eigenvalue weighted by atomic mass is 19.1. The Morgan fingerprint density at radius 1 is 1.26 bits per heavy atom. The van der Waals surface area contributed by atoms with E-state index in [4.69, 9.17) is 16.2 Å². The lowest BCUT2D eigenvalue weighted by molar-refractivity contribution is -0.157. The van der Waals surface area contributed by atoms with Crippen molar-refractivity contribution in [3.63, 3.8) is 0 Å². The quantitative estimate of drug-likeness (QED) is 0.328. The number of ether oxygens (including phenoxy) is 1. The Hall–Kier alpha value is -3.30. The first-order valence-electron chi connectivity index (χ1n) is 10.1. The van der Waals surface area contributed by atoms with Crippen molar-refractivity contribution in [1.82, 2.24) is 9.55 Å². The molecule has 0 saturated heterocycles. The molecule has 0 amide bonds. The van der Waals surface area contributed by atoms with Crippen molar-refractivity contribution in [3.8, 4) is 11.4 Å². The first kappa shape index (κ1) is 21.0. The van der Waals surface area contributed by atoms with Crippen LogP contribution in [0.4, 0.5) is 10.1 Å². The van der Waals surface area contributed by atoms with Crippen LogP contribution in [0, 0.1) is 5.82 Å². The van der Waals surface area contributed by atoms with E-state index >= 15 is 0 Å². The van der Waals surface area contributed by atoms with Crippen LogP contribution in [0.25, 0.3) is 22.3 Å². The molecule has 2 aliphatic rings. The minimum Gasteiger partial charge on any atom is -0.458 e. The summed E-state index contributed by atoms with van der Waals surface area (Å²) >= 11 is 0. The van der Waals surface area contributed by atoms with Crippen molar-refractivity contribution in [2.45, 2.75) is 39.5 Å². The second-order valence-electron chi connectivity index (χ2n) is 7.21. The number of nitrogens with two attached hydrogens (primary N) is 2. The maximum absolute atomic E-state index is 14.1. The average molecular weight is 426 g/mol. The molecule has 0 spiro atoms. The Morgan fingerprint density at radius 2 is 2.00 bits per heavy atom. The van der Waals surface area contributed by atoms with Gasteiger partial charge in [-0.3, -0.25) is 4.79 Å². The van der Waals surface area contributed by atoms with E-state index in [1.165, 1.54) is 16.7 Å². The number of aromatic nitrogens is 2. The molecule has 5 rings (SSSR count). The standard InChI is InChI=1S/C20H17FN4O4.C2H6/c21-13-5-15-9(3-14(13)23)8(1-2-22)11-6-25-16(17(11)24-15)4-10-12(19(25)27)7-29-20(28)18(10)26;1-2/h3-5,18,26H,1-2,6-7,22-23H2;1-2H3. The molecule has 1 atom stereocenters. The van der Waals surface area contributed by atoms with Gasteiger partial charge in [-0.15, -0.1) is 0 Å². The SMILES string of the molecule is CC.NCCc1c2c(nc3cc(F)c(N)cc13)-c1cc3c(c(=O)n1C2)COC(=O)C3O. The van der Waals surface area contributed by atoms with Crippen molar-refractivity contribution < 1.29 is 19.0 Å². The van der Waals surface area contributed by atoms with E-state index in [1.807, 2.05) is 13.8 Å². The molecule has 9 heteroatoms. The molecular formula is C22H23FN4O4. The lowest BCUT2D eigenvalue weighted by Crippen LogP contribution is -2.32. The summed E-state index contributed by atoms with van der Waals surface area (Å²) < 4.78 is 20.5. The summed E-state index contributed by atoms with van der Waals surface area (Å²) in [5.41, 5.74) is 14.7. The molecule has 1 aromatic carbocycles. The Kier molecular flexibility index (Phi) is 5.24. The predicted octanol–water partition coefficient (Wildman–Crippen LogP) is 1.76. The maximum atomic E-state index is 14.1. The number of benzene rings is 1. The number of esters is 1. The number of halogens is 1. The second kappa shape index (κ2) is 7.75. The van der Waals surface area contributed by atoms with Crippen LogP contribution in [0.1, 0.15) is 42.2 Å². The van der Waals surface area contributed by atoms with Gasteiger partial charge >= 0.3 is 5.97 Å². The molecule has 0 saturated carbocycles. The number of hydrogen-bond acceptors (Lipinski definition) is 7. The fourth-order valence-electron chi connectivity index (χ4n) is 4.18. The molecule has 2 aliphatic heterocycles. The van der Waals surface area contributed by atoms with Gasteiger partial charge in [-0.2, -0.15) is 0 Å². The van der Waals surface area contributed by atoms with E-state index < -0.39 is 17.9 Å². The number of anilines is 1. The van der Waals surface area contributed by atoms with Crippen LogP contribution in [-0.2, 0) is 29.1 Å². The van der Waals surface area contributed by atoms with E-state index in [0.29, 0.717) is 35.3 Å². The number of nitrogens with zero attached hydrogens (tertiary/aromatic N) is 2. The van der Waals surface area contributed by atoms with E-state index in [9.17, 15) is 19.1 Å². The number of carbonyl (C=O) groups is 1. The molecule has 5 N–H and O–H groups in total. The van der Waals surface area contributed by atoms with Gasteiger partial charge in [-0.05, 0) is 30.7 Å². The van der Waals surface area contributed by atoms with Gasteiger partial charge in [-0.25, -0.2) is 14.2 Å². The fraction of sp³-hybridized carbons (Fsp3) is 0.318. The number of pyridine rings is 2. The van der Waals surface area contributed by atoms with Crippen molar-refractivity contribution in [2.75, 3.05) is 12.3 Å². The summed E-state index contributed by atoms with van der Waals surface area (Å²) in [6.07, 6.45) is -1.03. The molecule has 2 aromatic heterocycles. The van der Waals surface area contributed by atoms with Crippen LogP contribution in [-0.4, -0.2) is 27.2 Å². The van der Waals surface area contributed by atoms with Crippen LogP contribution in [0.2, 0.25) is 0 Å². The zero-order valence-corrected chi connectivity index (χ0v) is 17.2. The van der Waals surface area contributed by atoms with Crippen molar-refractivity contribution in [2.24, 2.45) is 5.73 Å². The normalized spacial score (nSPS) is 16.2. The zero-order chi connectivity index (χ0) is 22.4. The average Bonchev–Trinajstić information content (AvgIpc) is 3.13. The molecule has 0 bridgehead atoms. The highest BCUT2D eigenvalue weighted by Gasteiger charge is 2.34. The third-order valence-electron chi connectivity index (χ3n) is 5.59. The lowest BCUT2D eigenvalue weighted by Gasteiger charge is -2.21. The largest absolute Gasteiger partial charge is 0.458 e. The molecule has 1 unspecified atom stereocenters. The minimum atomic E-state index is -1.53. The number of rotatable bonds is 2. The van der Waals surface area contributed by atoms with E-state index in [-0.39, 0.29) is 35.5 Å². The second-order valence-corrected chi connectivity index (χ2v) is 7.21. The molecule has 0 fully saturated rings. The minimum absolute atomic E-state index is 0.0134.